The van der Waals surface area contributed by atoms with Crippen molar-refractivity contribution in [2.45, 2.75) is 47.3 Å². The molecule has 0 fully saturated rings. The van der Waals surface area contributed by atoms with E-state index >= 15 is 0 Å². The van der Waals surface area contributed by atoms with E-state index in [9.17, 15) is 0 Å². The Bertz CT molecular complexity index is 1080. The van der Waals surface area contributed by atoms with Crippen LogP contribution in [0, 0.1) is 17.3 Å². The second-order valence-corrected chi connectivity index (χ2v) is 10.1. The average Bonchev–Trinajstić information content (AvgIpc) is 3.32. The maximum atomic E-state index is 6.12. The third-order valence-electron chi connectivity index (χ3n) is 5.04. The fourth-order valence-electron chi connectivity index (χ4n) is 3.51. The van der Waals surface area contributed by atoms with Gasteiger partial charge in [-0.2, -0.15) is 11.3 Å². The third kappa shape index (κ3) is 8.92. The molecule has 3 rings (SSSR count). The highest BCUT2D eigenvalue weighted by Gasteiger charge is 2.06. The maximum Gasteiger partial charge on any atom is 0.120 e. The molecule has 0 radical (unpaired) electrons. The molecule has 0 amide bonds. The van der Waals surface area contributed by atoms with Gasteiger partial charge in [0.05, 0.1) is 0 Å². The number of nitrogens with zero attached hydrogens (tertiary/aromatic N) is 1. The van der Waals surface area contributed by atoms with E-state index in [1.165, 1.54) is 22.3 Å². The van der Waals surface area contributed by atoms with E-state index in [2.05, 4.69) is 110 Å². The van der Waals surface area contributed by atoms with Gasteiger partial charge in [-0.3, -0.25) is 4.90 Å². The lowest BCUT2D eigenvalue weighted by atomic mass is 9.98. The average molecular weight is 458 g/mol. The van der Waals surface area contributed by atoms with Crippen LogP contribution in [0.3, 0.4) is 0 Å². The number of thiophene rings is 1. The molecular weight excluding hydrogens is 422 g/mol. The van der Waals surface area contributed by atoms with Gasteiger partial charge in [-0.25, -0.2) is 0 Å². The Balaban J connectivity index is 1.58. The van der Waals surface area contributed by atoms with Gasteiger partial charge in [0.25, 0.3) is 0 Å². The molecule has 0 saturated carbocycles. The van der Waals surface area contributed by atoms with Crippen molar-refractivity contribution in [2.24, 2.45) is 5.41 Å². The summed E-state index contributed by atoms with van der Waals surface area (Å²) in [6.45, 7) is 12.1. The molecule has 0 unspecified atom stereocenters. The van der Waals surface area contributed by atoms with Gasteiger partial charge in [-0.1, -0.05) is 61.2 Å². The lowest BCUT2D eigenvalue weighted by Crippen LogP contribution is -2.24. The molecule has 0 spiro atoms. The molecule has 2 aromatic carbocycles. The molecule has 1 heterocycles. The molecular formula is C30H35NOS. The van der Waals surface area contributed by atoms with Gasteiger partial charge < -0.3 is 4.74 Å². The number of benzene rings is 2. The molecule has 0 bridgehead atoms. The van der Waals surface area contributed by atoms with E-state index in [1.54, 1.807) is 11.3 Å². The van der Waals surface area contributed by atoms with E-state index in [1.807, 2.05) is 12.1 Å². The van der Waals surface area contributed by atoms with Crippen molar-refractivity contribution in [1.29, 1.82) is 0 Å². The summed E-state index contributed by atoms with van der Waals surface area (Å²) < 4.78 is 6.12. The quantitative estimate of drug-likeness (QED) is 0.288. The molecule has 0 aliphatic heterocycles. The number of hydrogen-bond acceptors (Lipinski definition) is 3. The fraction of sp³-hybridized carbons (Fsp3) is 0.333. The smallest absolute Gasteiger partial charge is 0.120 e. The predicted octanol–water partition coefficient (Wildman–Crippen LogP) is 7.81. The molecule has 0 saturated heterocycles. The van der Waals surface area contributed by atoms with Gasteiger partial charge in [0.2, 0.25) is 0 Å². The van der Waals surface area contributed by atoms with E-state index in [4.69, 9.17) is 4.74 Å². The molecule has 2 nitrogen and oxygen atoms in total. The van der Waals surface area contributed by atoms with Crippen LogP contribution in [0.5, 0.6) is 5.75 Å². The van der Waals surface area contributed by atoms with Gasteiger partial charge in [-0.15, -0.1) is 0 Å². The Kier molecular flexibility index (Phi) is 9.36. The summed E-state index contributed by atoms with van der Waals surface area (Å²) in [6.07, 6.45) is 5.29. The second kappa shape index (κ2) is 12.4. The lowest BCUT2D eigenvalue weighted by Gasteiger charge is -2.20. The van der Waals surface area contributed by atoms with Gasteiger partial charge >= 0.3 is 0 Å². The minimum absolute atomic E-state index is 0.0428. The SMILES string of the molecule is CCCN(CC=CC#CC(C)(C)C)Cc1cccc(COc2cccc(-c3ccsc3)c2)c1. The summed E-state index contributed by atoms with van der Waals surface area (Å²) in [5, 5.41) is 4.27. The normalized spacial score (nSPS) is 11.5. The van der Waals surface area contributed by atoms with Gasteiger partial charge in [-0.05, 0) is 91.0 Å². The minimum Gasteiger partial charge on any atom is -0.489 e. The molecule has 0 N–H and O–H groups in total. The topological polar surface area (TPSA) is 12.5 Å². The minimum atomic E-state index is 0.0428. The Morgan fingerprint density at radius 2 is 1.82 bits per heavy atom. The van der Waals surface area contributed by atoms with Crippen LogP contribution in [0.15, 0.2) is 77.5 Å². The van der Waals surface area contributed by atoms with Crippen LogP contribution in [0.4, 0.5) is 0 Å². The molecule has 33 heavy (non-hydrogen) atoms. The standard InChI is InChI=1S/C30H35NOS/c1-5-17-31(18-8-6-7-16-30(2,3)4)22-25-11-9-12-26(20-25)23-32-29-14-10-13-27(21-29)28-15-19-33-24-28/h6,8-15,19-21,24H,5,17-18,22-23H2,1-4H3. The highest BCUT2D eigenvalue weighted by molar-refractivity contribution is 7.08. The van der Waals surface area contributed by atoms with Crippen molar-refractivity contribution in [1.82, 2.24) is 4.90 Å². The van der Waals surface area contributed by atoms with Crippen LogP contribution >= 0.6 is 11.3 Å². The van der Waals surface area contributed by atoms with Gasteiger partial charge in [0, 0.05) is 18.5 Å². The van der Waals surface area contributed by atoms with E-state index in [0.29, 0.717) is 6.61 Å². The predicted molar refractivity (Wildman–Crippen MR) is 142 cm³/mol. The van der Waals surface area contributed by atoms with Crippen LogP contribution in [0.2, 0.25) is 0 Å². The number of hydrogen-bond donors (Lipinski definition) is 0. The van der Waals surface area contributed by atoms with Crippen molar-refractivity contribution < 1.29 is 4.74 Å². The Morgan fingerprint density at radius 3 is 2.58 bits per heavy atom. The molecule has 0 aliphatic carbocycles. The first-order valence-corrected chi connectivity index (χ1v) is 12.6. The van der Waals surface area contributed by atoms with E-state index in [0.717, 1.165) is 31.8 Å². The Labute approximate surface area is 203 Å². The highest BCUT2D eigenvalue weighted by atomic mass is 32.1. The molecule has 0 aliphatic rings. The molecule has 3 heteroatoms. The summed E-state index contributed by atoms with van der Waals surface area (Å²) in [6, 6.07) is 19.2. The largest absolute Gasteiger partial charge is 0.489 e. The van der Waals surface area contributed by atoms with Crippen molar-refractivity contribution in [2.75, 3.05) is 13.1 Å². The first kappa shape index (κ1) is 24.8. The van der Waals surface area contributed by atoms with Crippen molar-refractivity contribution >= 4 is 11.3 Å². The summed E-state index contributed by atoms with van der Waals surface area (Å²) in [7, 11) is 0. The zero-order chi connectivity index (χ0) is 23.5. The van der Waals surface area contributed by atoms with Crippen LogP contribution in [0.25, 0.3) is 11.1 Å². The molecule has 0 atom stereocenters. The number of allylic oxidation sites excluding steroid dienone is 1. The van der Waals surface area contributed by atoms with Crippen molar-refractivity contribution in [3.8, 4) is 28.7 Å². The number of ether oxygens (including phenoxy) is 1. The molecule has 3 aromatic rings. The third-order valence-corrected chi connectivity index (χ3v) is 5.73. The zero-order valence-corrected chi connectivity index (χ0v) is 21.1. The van der Waals surface area contributed by atoms with Gasteiger partial charge in [0.15, 0.2) is 0 Å². The van der Waals surface area contributed by atoms with E-state index < -0.39 is 0 Å². The van der Waals surface area contributed by atoms with Crippen LogP contribution in [-0.4, -0.2) is 18.0 Å². The summed E-state index contributed by atoms with van der Waals surface area (Å²) in [5.41, 5.74) is 4.98. The van der Waals surface area contributed by atoms with Crippen LogP contribution in [-0.2, 0) is 13.2 Å². The van der Waals surface area contributed by atoms with Crippen molar-refractivity contribution in [3.63, 3.8) is 0 Å². The second-order valence-electron chi connectivity index (χ2n) is 9.31. The van der Waals surface area contributed by atoms with Crippen LogP contribution in [0.1, 0.15) is 45.2 Å². The van der Waals surface area contributed by atoms with E-state index in [-0.39, 0.29) is 5.41 Å². The maximum absolute atomic E-state index is 6.12. The number of rotatable bonds is 10. The first-order valence-electron chi connectivity index (χ1n) is 11.7. The summed E-state index contributed by atoms with van der Waals surface area (Å²) in [4.78, 5) is 2.46. The van der Waals surface area contributed by atoms with Gasteiger partial charge in [0.1, 0.15) is 12.4 Å². The molecule has 172 valence electrons. The highest BCUT2D eigenvalue weighted by Crippen LogP contribution is 2.26. The van der Waals surface area contributed by atoms with Crippen molar-refractivity contribution in [3.05, 3.63) is 88.6 Å². The fourth-order valence-corrected chi connectivity index (χ4v) is 4.17. The summed E-state index contributed by atoms with van der Waals surface area (Å²) >= 11 is 1.71. The monoisotopic (exact) mass is 457 g/mol. The Hall–Kier alpha value is -2.80. The lowest BCUT2D eigenvalue weighted by molar-refractivity contribution is 0.293. The zero-order valence-electron chi connectivity index (χ0n) is 20.3. The summed E-state index contributed by atoms with van der Waals surface area (Å²) in [5.74, 6) is 7.32. The molecule has 1 aromatic heterocycles. The van der Waals surface area contributed by atoms with Crippen LogP contribution < -0.4 is 4.74 Å². The Morgan fingerprint density at radius 1 is 1.00 bits per heavy atom. The first-order chi connectivity index (χ1) is 15.9.